The molecule has 0 aliphatic rings. The van der Waals surface area contributed by atoms with E-state index >= 15 is 0 Å². The van der Waals surface area contributed by atoms with Gasteiger partial charge in [0.2, 0.25) is 0 Å². The van der Waals surface area contributed by atoms with Crippen molar-refractivity contribution in [2.24, 2.45) is 0 Å². The Morgan fingerprint density at radius 3 is 2.80 bits per heavy atom. The molecule has 0 aliphatic heterocycles. The maximum Gasteiger partial charge on any atom is 0.253 e. The van der Waals surface area contributed by atoms with Crippen molar-refractivity contribution in [3.05, 3.63) is 24.0 Å². The van der Waals surface area contributed by atoms with E-state index in [4.69, 9.17) is 4.74 Å². The van der Waals surface area contributed by atoms with Crippen LogP contribution < -0.4 is 5.32 Å². The highest BCUT2D eigenvalue weighted by Crippen LogP contribution is 2.16. The molecule has 1 unspecified atom stereocenters. The highest BCUT2D eigenvalue weighted by molar-refractivity contribution is 5.96. The monoisotopic (exact) mass is 276 g/mol. The second kappa shape index (κ2) is 6.00. The molecule has 0 radical (unpaired) electrons. The summed E-state index contributed by atoms with van der Waals surface area (Å²) >= 11 is 0. The number of nitrogens with one attached hydrogen (secondary N) is 1. The van der Waals surface area contributed by atoms with Gasteiger partial charge in [-0.15, -0.1) is 0 Å². The van der Waals surface area contributed by atoms with Crippen molar-refractivity contribution >= 4 is 16.9 Å². The fourth-order valence-electron chi connectivity index (χ4n) is 2.04. The van der Waals surface area contributed by atoms with Crippen LogP contribution >= 0.6 is 0 Å². The number of fused-ring (bicyclic) bond motifs is 1. The number of carbonyl (C=O) groups excluding carboxylic acids is 1. The molecule has 0 aromatic carbocycles. The lowest BCUT2D eigenvalue weighted by atomic mass is 10.2. The van der Waals surface area contributed by atoms with E-state index in [0.29, 0.717) is 12.2 Å². The second-order valence-electron chi connectivity index (χ2n) is 5.15. The second-order valence-corrected chi connectivity index (χ2v) is 5.15. The van der Waals surface area contributed by atoms with Gasteiger partial charge in [0, 0.05) is 30.8 Å². The van der Waals surface area contributed by atoms with Crippen LogP contribution in [0.1, 0.15) is 37.2 Å². The third-order valence-electron chi connectivity index (χ3n) is 2.98. The minimum absolute atomic E-state index is 0.0402. The topological polar surface area (TPSA) is 69.0 Å². The van der Waals surface area contributed by atoms with E-state index in [1.807, 2.05) is 31.5 Å². The number of methoxy groups -OCH3 is 1. The number of amides is 1. The Balaban J connectivity index is 2.22. The van der Waals surface area contributed by atoms with Crippen LogP contribution in [0, 0.1) is 0 Å². The molecular formula is C14H20N4O2. The molecule has 2 aromatic rings. The van der Waals surface area contributed by atoms with Crippen LogP contribution in [0.25, 0.3) is 11.0 Å². The minimum Gasteiger partial charge on any atom is -0.383 e. The van der Waals surface area contributed by atoms with Crippen molar-refractivity contribution in [2.75, 3.05) is 13.7 Å². The molecule has 0 saturated heterocycles. The molecule has 2 aromatic heterocycles. The number of hydrogen-bond donors (Lipinski definition) is 1. The quantitative estimate of drug-likeness (QED) is 0.903. The van der Waals surface area contributed by atoms with E-state index < -0.39 is 0 Å². The molecule has 1 atom stereocenters. The summed E-state index contributed by atoms with van der Waals surface area (Å²) in [5.74, 6) is -0.152. The maximum atomic E-state index is 12.1. The van der Waals surface area contributed by atoms with Crippen molar-refractivity contribution in [2.45, 2.75) is 32.9 Å². The van der Waals surface area contributed by atoms with Crippen LogP contribution in [0.4, 0.5) is 0 Å². The van der Waals surface area contributed by atoms with Gasteiger partial charge in [0.05, 0.1) is 18.4 Å². The number of hydrogen-bond acceptors (Lipinski definition) is 4. The zero-order valence-corrected chi connectivity index (χ0v) is 12.3. The summed E-state index contributed by atoms with van der Waals surface area (Å²) in [6, 6.07) is 2.01. The lowest BCUT2D eigenvalue weighted by molar-refractivity contribution is 0.0905. The molecule has 0 spiro atoms. The first kappa shape index (κ1) is 14.5. The summed E-state index contributed by atoms with van der Waals surface area (Å²) < 4.78 is 6.83. The van der Waals surface area contributed by atoms with Crippen LogP contribution in [0.15, 0.2) is 18.5 Å². The van der Waals surface area contributed by atoms with Gasteiger partial charge >= 0.3 is 0 Å². The summed E-state index contributed by atoms with van der Waals surface area (Å²) in [7, 11) is 1.61. The molecule has 1 N–H and O–H groups in total. The fraction of sp³-hybridized carbons (Fsp3) is 0.500. The van der Waals surface area contributed by atoms with Crippen LogP contribution in [-0.4, -0.2) is 40.4 Å². The van der Waals surface area contributed by atoms with Crippen LogP contribution in [-0.2, 0) is 4.74 Å². The van der Waals surface area contributed by atoms with E-state index in [1.165, 1.54) is 0 Å². The Morgan fingerprint density at radius 2 is 2.15 bits per heavy atom. The van der Waals surface area contributed by atoms with Gasteiger partial charge in [0.25, 0.3) is 5.91 Å². The Kier molecular flexibility index (Phi) is 4.34. The summed E-state index contributed by atoms with van der Waals surface area (Å²) in [6.07, 6.45) is 3.31. The van der Waals surface area contributed by atoms with Gasteiger partial charge in [-0.1, -0.05) is 0 Å². The number of aromatic nitrogens is 3. The smallest absolute Gasteiger partial charge is 0.253 e. The SMILES string of the molecule is COCC(C)NC(=O)c1cnc2c(cnn2C(C)C)c1. The number of rotatable bonds is 5. The van der Waals surface area contributed by atoms with Crippen molar-refractivity contribution in [1.29, 1.82) is 0 Å². The lowest BCUT2D eigenvalue weighted by Crippen LogP contribution is -2.35. The van der Waals surface area contributed by atoms with Gasteiger partial charge in [-0.2, -0.15) is 5.10 Å². The van der Waals surface area contributed by atoms with E-state index in [9.17, 15) is 4.79 Å². The van der Waals surface area contributed by atoms with Gasteiger partial charge < -0.3 is 10.1 Å². The molecule has 2 rings (SSSR count). The largest absolute Gasteiger partial charge is 0.383 e. The van der Waals surface area contributed by atoms with Crippen LogP contribution in [0.3, 0.4) is 0 Å². The summed E-state index contributed by atoms with van der Waals surface area (Å²) in [4.78, 5) is 16.4. The van der Waals surface area contributed by atoms with Crippen LogP contribution in [0.2, 0.25) is 0 Å². The van der Waals surface area contributed by atoms with Gasteiger partial charge in [0.15, 0.2) is 5.65 Å². The van der Waals surface area contributed by atoms with Crippen molar-refractivity contribution in [1.82, 2.24) is 20.1 Å². The Labute approximate surface area is 118 Å². The maximum absolute atomic E-state index is 12.1. The molecule has 0 aliphatic carbocycles. The van der Waals surface area contributed by atoms with Gasteiger partial charge in [-0.3, -0.25) is 4.79 Å². The number of ether oxygens (including phenoxy) is 1. The van der Waals surface area contributed by atoms with E-state index in [1.54, 1.807) is 19.5 Å². The number of carbonyl (C=O) groups is 1. The highest BCUT2D eigenvalue weighted by atomic mass is 16.5. The first-order valence-corrected chi connectivity index (χ1v) is 6.66. The summed E-state index contributed by atoms with van der Waals surface area (Å²) in [6.45, 7) is 6.46. The first-order valence-electron chi connectivity index (χ1n) is 6.66. The molecule has 0 saturated carbocycles. The minimum atomic E-state index is -0.152. The average Bonchev–Trinajstić information content (AvgIpc) is 2.81. The van der Waals surface area contributed by atoms with E-state index in [-0.39, 0.29) is 18.0 Å². The van der Waals surface area contributed by atoms with Gasteiger partial charge in [-0.05, 0) is 26.8 Å². The number of nitrogens with zero attached hydrogens (tertiary/aromatic N) is 3. The average molecular weight is 276 g/mol. The first-order chi connectivity index (χ1) is 9.52. The predicted molar refractivity (Wildman–Crippen MR) is 76.7 cm³/mol. The van der Waals surface area contributed by atoms with Gasteiger partial charge in [-0.25, -0.2) is 9.67 Å². The number of pyridine rings is 1. The molecule has 20 heavy (non-hydrogen) atoms. The highest BCUT2D eigenvalue weighted by Gasteiger charge is 2.13. The zero-order valence-electron chi connectivity index (χ0n) is 12.3. The van der Waals surface area contributed by atoms with Crippen molar-refractivity contribution in [3.8, 4) is 0 Å². The molecule has 0 bridgehead atoms. The third kappa shape index (κ3) is 2.96. The molecule has 6 nitrogen and oxygen atoms in total. The van der Waals surface area contributed by atoms with E-state index in [2.05, 4.69) is 15.4 Å². The van der Waals surface area contributed by atoms with Crippen molar-refractivity contribution < 1.29 is 9.53 Å². The molecule has 6 heteroatoms. The Hall–Kier alpha value is -1.95. The molecule has 2 heterocycles. The molecular weight excluding hydrogens is 256 g/mol. The van der Waals surface area contributed by atoms with Crippen molar-refractivity contribution in [3.63, 3.8) is 0 Å². The Bertz CT molecular complexity index is 606. The zero-order chi connectivity index (χ0) is 14.7. The lowest BCUT2D eigenvalue weighted by Gasteiger charge is -2.12. The standard InChI is InChI=1S/C14H20N4O2/c1-9(2)18-13-11(7-16-18)5-12(6-15-13)14(19)17-10(3)8-20-4/h5-7,9-10H,8H2,1-4H3,(H,17,19). The van der Waals surface area contributed by atoms with E-state index in [0.717, 1.165) is 11.0 Å². The molecule has 0 fully saturated rings. The molecule has 1 amide bonds. The Morgan fingerprint density at radius 1 is 1.40 bits per heavy atom. The normalized spacial score (nSPS) is 12.8. The van der Waals surface area contributed by atoms with Crippen LogP contribution in [0.5, 0.6) is 0 Å². The summed E-state index contributed by atoms with van der Waals surface area (Å²) in [5.41, 5.74) is 1.32. The fourth-order valence-corrected chi connectivity index (χ4v) is 2.04. The predicted octanol–water partition coefficient (Wildman–Crippen LogP) is 1.78. The van der Waals surface area contributed by atoms with Gasteiger partial charge in [0.1, 0.15) is 0 Å². The third-order valence-corrected chi connectivity index (χ3v) is 2.98. The molecule has 108 valence electrons. The summed E-state index contributed by atoms with van der Waals surface area (Å²) in [5, 5.41) is 8.01.